The van der Waals surface area contributed by atoms with Crippen LogP contribution in [-0.2, 0) is 16.4 Å². The van der Waals surface area contributed by atoms with Crippen LogP contribution < -0.4 is 0 Å². The third-order valence-corrected chi connectivity index (χ3v) is 6.57. The first-order valence-electron chi connectivity index (χ1n) is 8.26. The van der Waals surface area contributed by atoms with E-state index in [0.29, 0.717) is 19.0 Å². The highest BCUT2D eigenvalue weighted by atomic mass is 32.2. The molecule has 0 N–H and O–H groups in total. The van der Waals surface area contributed by atoms with Crippen LogP contribution in [0.5, 0.6) is 0 Å². The molecule has 0 radical (unpaired) electrons. The second-order valence-corrected chi connectivity index (χ2v) is 8.17. The van der Waals surface area contributed by atoms with Crippen molar-refractivity contribution in [2.75, 3.05) is 13.1 Å². The molecule has 6 nitrogen and oxygen atoms in total. The van der Waals surface area contributed by atoms with Gasteiger partial charge in [0.15, 0.2) is 4.90 Å². The van der Waals surface area contributed by atoms with Gasteiger partial charge >= 0.3 is 0 Å². The van der Waals surface area contributed by atoms with Crippen LogP contribution in [0.25, 0.3) is 0 Å². The Hall–Kier alpha value is -2.25. The third-order valence-electron chi connectivity index (χ3n) is 4.62. The molecule has 1 saturated heterocycles. The molecule has 0 saturated carbocycles. The van der Waals surface area contributed by atoms with Crippen LogP contribution >= 0.6 is 0 Å². The fourth-order valence-electron chi connectivity index (χ4n) is 3.27. The van der Waals surface area contributed by atoms with E-state index in [9.17, 15) is 18.5 Å². The summed E-state index contributed by atoms with van der Waals surface area (Å²) in [5.74, 6) is 0.430. The highest BCUT2D eigenvalue weighted by Crippen LogP contribution is 2.30. The molecule has 2 aromatic rings. The van der Waals surface area contributed by atoms with Crippen molar-refractivity contribution in [2.45, 2.75) is 24.2 Å². The van der Waals surface area contributed by atoms with E-state index in [2.05, 4.69) is 12.1 Å². The fraction of sp³-hybridized carbons (Fsp3) is 0.333. The minimum absolute atomic E-state index is 0.221. The molecule has 1 aliphatic heterocycles. The van der Waals surface area contributed by atoms with Gasteiger partial charge in [-0.15, -0.1) is 0 Å². The van der Waals surface area contributed by atoms with Gasteiger partial charge in [-0.3, -0.25) is 10.1 Å². The minimum Gasteiger partial charge on any atom is -0.258 e. The molecule has 1 aliphatic rings. The smallest absolute Gasteiger partial charge is 0.258 e. The summed E-state index contributed by atoms with van der Waals surface area (Å²) in [6, 6.07) is 15.7. The number of benzene rings is 2. The lowest BCUT2D eigenvalue weighted by molar-refractivity contribution is -0.387. The molecule has 0 aliphatic carbocycles. The Morgan fingerprint density at radius 3 is 2.24 bits per heavy atom. The van der Waals surface area contributed by atoms with Gasteiger partial charge in [0.05, 0.1) is 4.92 Å². The van der Waals surface area contributed by atoms with Gasteiger partial charge in [-0.2, -0.15) is 4.31 Å². The van der Waals surface area contributed by atoms with Crippen molar-refractivity contribution >= 4 is 15.7 Å². The molecule has 0 amide bonds. The normalized spacial score (nSPS) is 16.6. The van der Waals surface area contributed by atoms with Gasteiger partial charge in [0.1, 0.15) is 0 Å². The Morgan fingerprint density at radius 1 is 1.00 bits per heavy atom. The van der Waals surface area contributed by atoms with E-state index in [1.807, 2.05) is 18.2 Å². The monoisotopic (exact) mass is 360 g/mol. The third kappa shape index (κ3) is 3.88. The van der Waals surface area contributed by atoms with E-state index in [0.717, 1.165) is 19.3 Å². The van der Waals surface area contributed by atoms with E-state index in [1.54, 1.807) is 0 Å². The Labute approximate surface area is 147 Å². The van der Waals surface area contributed by atoms with Crippen LogP contribution in [0.1, 0.15) is 18.4 Å². The molecule has 2 aromatic carbocycles. The van der Waals surface area contributed by atoms with E-state index in [-0.39, 0.29) is 10.6 Å². The largest absolute Gasteiger partial charge is 0.289 e. The molecule has 25 heavy (non-hydrogen) atoms. The first-order valence-corrected chi connectivity index (χ1v) is 9.70. The van der Waals surface area contributed by atoms with Gasteiger partial charge in [0.25, 0.3) is 5.69 Å². The molecule has 132 valence electrons. The number of nitrogens with zero attached hydrogens (tertiary/aromatic N) is 2. The number of sulfonamides is 1. The van der Waals surface area contributed by atoms with Crippen molar-refractivity contribution in [3.63, 3.8) is 0 Å². The number of piperidine rings is 1. The van der Waals surface area contributed by atoms with Crippen LogP contribution in [-0.4, -0.2) is 30.7 Å². The van der Waals surface area contributed by atoms with Crippen LogP contribution in [0.2, 0.25) is 0 Å². The minimum atomic E-state index is -3.84. The molecule has 0 aromatic heterocycles. The van der Waals surface area contributed by atoms with Crippen LogP contribution in [0, 0.1) is 16.0 Å². The summed E-state index contributed by atoms with van der Waals surface area (Å²) in [4.78, 5) is 10.3. The maximum absolute atomic E-state index is 12.8. The lowest BCUT2D eigenvalue weighted by Gasteiger charge is -2.31. The highest BCUT2D eigenvalue weighted by Gasteiger charge is 2.33. The number of rotatable bonds is 5. The predicted molar refractivity (Wildman–Crippen MR) is 94.7 cm³/mol. The van der Waals surface area contributed by atoms with Crippen molar-refractivity contribution in [3.05, 3.63) is 70.3 Å². The van der Waals surface area contributed by atoms with Crippen molar-refractivity contribution in [1.82, 2.24) is 4.31 Å². The Kier molecular flexibility index (Phi) is 5.15. The molecule has 1 fully saturated rings. The molecule has 3 rings (SSSR count). The topological polar surface area (TPSA) is 80.5 Å². The Bertz CT molecular complexity index is 844. The summed E-state index contributed by atoms with van der Waals surface area (Å²) in [5.41, 5.74) is 0.886. The van der Waals surface area contributed by atoms with Gasteiger partial charge in [-0.1, -0.05) is 42.5 Å². The summed E-state index contributed by atoms with van der Waals surface area (Å²) in [6.45, 7) is 0.789. The van der Waals surface area contributed by atoms with E-state index < -0.39 is 14.9 Å². The first-order chi connectivity index (χ1) is 12.0. The Balaban J connectivity index is 1.71. The lowest BCUT2D eigenvalue weighted by atomic mass is 9.91. The predicted octanol–water partition coefficient (Wildman–Crippen LogP) is 3.24. The summed E-state index contributed by atoms with van der Waals surface area (Å²) < 4.78 is 27.0. The van der Waals surface area contributed by atoms with Crippen molar-refractivity contribution in [1.29, 1.82) is 0 Å². The second kappa shape index (κ2) is 7.33. The fourth-order valence-corrected chi connectivity index (χ4v) is 4.89. The Morgan fingerprint density at radius 2 is 1.60 bits per heavy atom. The summed E-state index contributed by atoms with van der Waals surface area (Å²) in [6.07, 6.45) is 2.45. The van der Waals surface area contributed by atoms with E-state index in [1.165, 1.54) is 34.1 Å². The molecule has 1 heterocycles. The highest BCUT2D eigenvalue weighted by molar-refractivity contribution is 7.89. The quantitative estimate of drug-likeness (QED) is 0.605. The molecular weight excluding hydrogens is 340 g/mol. The van der Waals surface area contributed by atoms with Crippen molar-refractivity contribution < 1.29 is 13.3 Å². The van der Waals surface area contributed by atoms with Crippen LogP contribution in [0.15, 0.2) is 59.5 Å². The zero-order valence-corrected chi connectivity index (χ0v) is 14.6. The van der Waals surface area contributed by atoms with E-state index >= 15 is 0 Å². The number of para-hydroxylation sites is 1. The molecule has 0 spiro atoms. The van der Waals surface area contributed by atoms with Crippen LogP contribution in [0.4, 0.5) is 5.69 Å². The van der Waals surface area contributed by atoms with Crippen LogP contribution in [0.3, 0.4) is 0 Å². The van der Waals surface area contributed by atoms with Gasteiger partial charge in [-0.05, 0) is 36.8 Å². The second-order valence-electron chi connectivity index (χ2n) is 6.26. The molecule has 0 unspecified atom stereocenters. The summed E-state index contributed by atoms with van der Waals surface area (Å²) in [7, 11) is -3.84. The molecule has 7 heteroatoms. The van der Waals surface area contributed by atoms with Crippen molar-refractivity contribution in [2.24, 2.45) is 5.92 Å². The molecule has 0 bridgehead atoms. The standard InChI is InChI=1S/C18H20N2O4S/c21-20(22)17-8-4-5-9-18(17)25(23,24)19-12-10-16(11-13-19)14-15-6-2-1-3-7-15/h1-9,16H,10-14H2. The molecular formula is C18H20N2O4S. The SMILES string of the molecule is O=[N+]([O-])c1ccccc1S(=O)(=O)N1CCC(Cc2ccccc2)CC1. The maximum atomic E-state index is 12.8. The van der Waals surface area contributed by atoms with Gasteiger partial charge in [0.2, 0.25) is 10.0 Å². The first kappa shape index (κ1) is 17.6. The number of hydrogen-bond donors (Lipinski definition) is 0. The van der Waals surface area contributed by atoms with Gasteiger partial charge < -0.3 is 0 Å². The van der Waals surface area contributed by atoms with E-state index in [4.69, 9.17) is 0 Å². The number of hydrogen-bond acceptors (Lipinski definition) is 4. The lowest BCUT2D eigenvalue weighted by Crippen LogP contribution is -2.39. The zero-order valence-electron chi connectivity index (χ0n) is 13.7. The average molecular weight is 360 g/mol. The summed E-state index contributed by atoms with van der Waals surface area (Å²) in [5, 5.41) is 11.1. The summed E-state index contributed by atoms with van der Waals surface area (Å²) >= 11 is 0. The average Bonchev–Trinajstić information content (AvgIpc) is 2.63. The number of nitro benzene ring substituents is 1. The van der Waals surface area contributed by atoms with Gasteiger partial charge in [-0.25, -0.2) is 8.42 Å². The van der Waals surface area contributed by atoms with Crippen molar-refractivity contribution in [3.8, 4) is 0 Å². The van der Waals surface area contributed by atoms with Gasteiger partial charge in [0, 0.05) is 19.2 Å². The zero-order chi connectivity index (χ0) is 17.9. The molecule has 0 atom stereocenters. The maximum Gasteiger partial charge on any atom is 0.289 e. The number of nitro groups is 1.